The molecule has 1 heterocycles. The highest BCUT2D eigenvalue weighted by Crippen LogP contribution is 2.54. The van der Waals surface area contributed by atoms with Crippen molar-refractivity contribution in [3.05, 3.63) is 59.3 Å². The summed E-state index contributed by atoms with van der Waals surface area (Å²) in [6.45, 7) is 0. The van der Waals surface area contributed by atoms with Gasteiger partial charge in [0, 0.05) is 17.3 Å². The molecule has 1 fully saturated rings. The second-order valence-electron chi connectivity index (χ2n) is 5.69. The van der Waals surface area contributed by atoms with E-state index in [0.717, 1.165) is 5.82 Å². The highest BCUT2D eigenvalue weighted by atomic mass is 16.1. The predicted octanol–water partition coefficient (Wildman–Crippen LogP) is 3.70. The third-order valence-electron chi connectivity index (χ3n) is 4.57. The normalized spacial score (nSPS) is 22.6. The first-order valence-electron chi connectivity index (χ1n) is 7.18. The molecule has 3 nitrogen and oxygen atoms in total. The zero-order valence-corrected chi connectivity index (χ0v) is 11.2. The molecule has 2 atom stereocenters. The molecule has 2 aromatic rings. The first-order chi connectivity index (χ1) is 9.83. The summed E-state index contributed by atoms with van der Waals surface area (Å²) < 4.78 is 0. The van der Waals surface area contributed by atoms with Crippen molar-refractivity contribution in [3.63, 3.8) is 0 Å². The van der Waals surface area contributed by atoms with E-state index in [4.69, 9.17) is 0 Å². The third-order valence-corrected chi connectivity index (χ3v) is 4.57. The lowest BCUT2D eigenvalue weighted by atomic mass is 9.92. The molecule has 2 aliphatic rings. The summed E-state index contributed by atoms with van der Waals surface area (Å²) in [6, 6.07) is 11.4. The summed E-state index contributed by atoms with van der Waals surface area (Å²) in [6.07, 6.45) is 5.57. The summed E-state index contributed by atoms with van der Waals surface area (Å²) in [5, 5.41) is 2.99. The number of nitrogens with one attached hydrogen (secondary N) is 1. The average Bonchev–Trinajstić information content (AvgIpc) is 3.10. The minimum absolute atomic E-state index is 0.0747. The van der Waals surface area contributed by atoms with Crippen LogP contribution in [0.2, 0.25) is 0 Å². The van der Waals surface area contributed by atoms with E-state index >= 15 is 0 Å². The number of fused-ring (bicyclic) bond motifs is 5. The van der Waals surface area contributed by atoms with Gasteiger partial charge in [-0.2, -0.15) is 0 Å². The van der Waals surface area contributed by atoms with Gasteiger partial charge in [0.2, 0.25) is 0 Å². The molecule has 1 aromatic heterocycles. The lowest BCUT2D eigenvalue weighted by Gasteiger charge is -2.18. The van der Waals surface area contributed by atoms with Crippen LogP contribution in [-0.2, 0) is 0 Å². The topological polar surface area (TPSA) is 42.0 Å². The van der Waals surface area contributed by atoms with Gasteiger partial charge in [0.15, 0.2) is 0 Å². The molecule has 2 aliphatic carbocycles. The van der Waals surface area contributed by atoms with Gasteiger partial charge >= 0.3 is 0 Å². The zero-order valence-electron chi connectivity index (χ0n) is 11.2. The van der Waals surface area contributed by atoms with E-state index in [0.29, 0.717) is 17.4 Å². The van der Waals surface area contributed by atoms with Crippen LogP contribution >= 0.6 is 0 Å². The molecule has 0 aliphatic heterocycles. The monoisotopic (exact) mass is 264 g/mol. The molecule has 2 bridgehead atoms. The SMILES string of the molecule is O=C(Nc1nccc2c1C1CCC2C1)c1ccccc1. The molecule has 1 N–H and O–H groups in total. The van der Waals surface area contributed by atoms with Crippen LogP contribution in [0.4, 0.5) is 5.82 Å². The Morgan fingerprint density at radius 2 is 1.90 bits per heavy atom. The molecule has 20 heavy (non-hydrogen) atoms. The maximum absolute atomic E-state index is 12.3. The van der Waals surface area contributed by atoms with Crippen LogP contribution < -0.4 is 5.32 Å². The van der Waals surface area contributed by atoms with Crippen molar-refractivity contribution >= 4 is 11.7 Å². The number of amides is 1. The Morgan fingerprint density at radius 1 is 1.10 bits per heavy atom. The molecule has 2 unspecified atom stereocenters. The molecule has 100 valence electrons. The van der Waals surface area contributed by atoms with Gasteiger partial charge in [-0.15, -0.1) is 0 Å². The molecule has 1 amide bonds. The van der Waals surface area contributed by atoms with E-state index in [1.807, 2.05) is 36.5 Å². The van der Waals surface area contributed by atoms with E-state index in [9.17, 15) is 4.79 Å². The molecule has 0 radical (unpaired) electrons. The van der Waals surface area contributed by atoms with Crippen LogP contribution in [0.15, 0.2) is 42.6 Å². The van der Waals surface area contributed by atoms with Crippen LogP contribution in [0, 0.1) is 0 Å². The van der Waals surface area contributed by atoms with Crippen LogP contribution in [0.5, 0.6) is 0 Å². The van der Waals surface area contributed by atoms with Crippen LogP contribution in [0.1, 0.15) is 52.6 Å². The Bertz CT molecular complexity index is 666. The van der Waals surface area contributed by atoms with Crippen molar-refractivity contribution in [1.29, 1.82) is 0 Å². The Labute approximate surface area is 118 Å². The van der Waals surface area contributed by atoms with E-state index in [2.05, 4.69) is 16.4 Å². The van der Waals surface area contributed by atoms with Gasteiger partial charge < -0.3 is 5.32 Å². The summed E-state index contributed by atoms with van der Waals surface area (Å²) in [4.78, 5) is 16.7. The van der Waals surface area contributed by atoms with Crippen LogP contribution in [-0.4, -0.2) is 10.9 Å². The molecule has 1 aromatic carbocycles. The lowest BCUT2D eigenvalue weighted by Crippen LogP contribution is -2.15. The second kappa shape index (κ2) is 4.44. The highest BCUT2D eigenvalue weighted by Gasteiger charge is 2.39. The van der Waals surface area contributed by atoms with Gasteiger partial charge in [0.05, 0.1) is 0 Å². The molecule has 0 spiro atoms. The van der Waals surface area contributed by atoms with Crippen molar-refractivity contribution in [3.8, 4) is 0 Å². The number of pyridine rings is 1. The number of rotatable bonds is 2. The second-order valence-corrected chi connectivity index (χ2v) is 5.69. The number of hydrogen-bond donors (Lipinski definition) is 1. The first kappa shape index (κ1) is 11.6. The number of carbonyl (C=O) groups excluding carboxylic acids is 1. The summed E-state index contributed by atoms with van der Waals surface area (Å²) in [7, 11) is 0. The Morgan fingerprint density at radius 3 is 2.75 bits per heavy atom. The van der Waals surface area contributed by atoms with Gasteiger partial charge in [-0.05, 0) is 54.9 Å². The van der Waals surface area contributed by atoms with Gasteiger partial charge in [-0.25, -0.2) is 4.98 Å². The van der Waals surface area contributed by atoms with Gasteiger partial charge in [0.1, 0.15) is 5.82 Å². The fraction of sp³-hybridized carbons (Fsp3) is 0.294. The fourth-order valence-electron chi connectivity index (χ4n) is 3.67. The molecule has 4 rings (SSSR count). The molecule has 3 heteroatoms. The largest absolute Gasteiger partial charge is 0.306 e. The number of anilines is 1. The maximum Gasteiger partial charge on any atom is 0.256 e. The Hall–Kier alpha value is -2.16. The minimum Gasteiger partial charge on any atom is -0.306 e. The number of hydrogen-bond acceptors (Lipinski definition) is 2. The van der Waals surface area contributed by atoms with Gasteiger partial charge in [-0.3, -0.25) is 4.79 Å². The van der Waals surface area contributed by atoms with Crippen molar-refractivity contribution < 1.29 is 4.79 Å². The predicted molar refractivity (Wildman–Crippen MR) is 78.0 cm³/mol. The molecule has 0 saturated heterocycles. The van der Waals surface area contributed by atoms with Crippen LogP contribution in [0.3, 0.4) is 0 Å². The number of aromatic nitrogens is 1. The van der Waals surface area contributed by atoms with Crippen molar-refractivity contribution in [2.75, 3.05) is 5.32 Å². The third kappa shape index (κ3) is 1.73. The van der Waals surface area contributed by atoms with Crippen molar-refractivity contribution in [2.45, 2.75) is 31.1 Å². The van der Waals surface area contributed by atoms with E-state index < -0.39 is 0 Å². The first-order valence-corrected chi connectivity index (χ1v) is 7.18. The molecule has 1 saturated carbocycles. The number of carbonyl (C=O) groups is 1. The van der Waals surface area contributed by atoms with Gasteiger partial charge in [-0.1, -0.05) is 18.2 Å². The van der Waals surface area contributed by atoms with E-state index in [-0.39, 0.29) is 5.91 Å². The van der Waals surface area contributed by atoms with Crippen molar-refractivity contribution in [1.82, 2.24) is 4.98 Å². The fourth-order valence-corrected chi connectivity index (χ4v) is 3.67. The van der Waals surface area contributed by atoms with Crippen LogP contribution in [0.25, 0.3) is 0 Å². The molecular formula is C17H16N2O. The van der Waals surface area contributed by atoms with Crippen molar-refractivity contribution in [2.24, 2.45) is 0 Å². The molecular weight excluding hydrogens is 248 g/mol. The highest BCUT2D eigenvalue weighted by molar-refractivity contribution is 6.04. The zero-order chi connectivity index (χ0) is 13.5. The van der Waals surface area contributed by atoms with E-state index in [1.165, 1.54) is 30.4 Å². The number of nitrogens with zero attached hydrogens (tertiary/aromatic N) is 1. The summed E-state index contributed by atoms with van der Waals surface area (Å²) >= 11 is 0. The summed E-state index contributed by atoms with van der Waals surface area (Å²) in [5.41, 5.74) is 3.36. The summed E-state index contributed by atoms with van der Waals surface area (Å²) in [5.74, 6) is 1.97. The standard InChI is InChI=1S/C17H16N2O/c20-17(11-4-2-1-3-5-11)19-16-15-13-7-6-12(10-13)14(15)8-9-18-16/h1-5,8-9,12-13H,6-7,10H2,(H,18,19,20). The number of benzene rings is 1. The quantitative estimate of drug-likeness (QED) is 0.898. The Balaban J connectivity index is 1.66. The Kier molecular flexibility index (Phi) is 2.59. The van der Waals surface area contributed by atoms with E-state index in [1.54, 1.807) is 0 Å². The maximum atomic E-state index is 12.3. The van der Waals surface area contributed by atoms with Gasteiger partial charge in [0.25, 0.3) is 5.91 Å². The minimum atomic E-state index is -0.0747. The average molecular weight is 264 g/mol. The lowest BCUT2D eigenvalue weighted by molar-refractivity contribution is 0.102. The smallest absolute Gasteiger partial charge is 0.256 e.